The van der Waals surface area contributed by atoms with E-state index in [1.807, 2.05) is 36.1 Å². The second kappa shape index (κ2) is 7.92. The average Bonchev–Trinajstić information content (AvgIpc) is 3.18. The quantitative estimate of drug-likeness (QED) is 0.821. The van der Waals surface area contributed by atoms with Crippen LogP contribution in [0.15, 0.2) is 36.7 Å². The van der Waals surface area contributed by atoms with Crippen molar-refractivity contribution < 1.29 is 14.3 Å². The molecule has 1 amide bonds. The highest BCUT2D eigenvalue weighted by Crippen LogP contribution is 2.26. The van der Waals surface area contributed by atoms with Crippen LogP contribution in [0.5, 0.6) is 5.88 Å². The predicted molar refractivity (Wildman–Crippen MR) is 101 cm³/mol. The summed E-state index contributed by atoms with van der Waals surface area (Å²) in [4.78, 5) is 25.5. The van der Waals surface area contributed by atoms with E-state index in [0.29, 0.717) is 32.2 Å². The molecular formula is C20H24N4O3. The van der Waals surface area contributed by atoms with Gasteiger partial charge in [-0.1, -0.05) is 17.7 Å². The largest absolute Gasteiger partial charge is 0.470 e. The molecule has 0 radical (unpaired) electrons. The van der Waals surface area contributed by atoms with Crippen LogP contribution in [0.1, 0.15) is 22.3 Å². The number of likely N-dealkylation sites (tertiary alicyclic amines) is 1. The smallest absolute Gasteiger partial charge is 0.257 e. The maximum Gasteiger partial charge on any atom is 0.257 e. The van der Waals surface area contributed by atoms with E-state index in [1.54, 1.807) is 12.4 Å². The number of morpholine rings is 1. The Kier molecular flexibility index (Phi) is 5.20. The molecule has 7 nitrogen and oxygen atoms in total. The summed E-state index contributed by atoms with van der Waals surface area (Å²) < 4.78 is 11.6. The summed E-state index contributed by atoms with van der Waals surface area (Å²) in [6.45, 7) is 6.17. The zero-order chi connectivity index (χ0) is 18.6. The van der Waals surface area contributed by atoms with E-state index in [4.69, 9.17) is 9.47 Å². The monoisotopic (exact) mass is 368 g/mol. The van der Waals surface area contributed by atoms with Crippen LogP contribution in [0.4, 0.5) is 5.82 Å². The molecule has 27 heavy (non-hydrogen) atoms. The van der Waals surface area contributed by atoms with E-state index in [-0.39, 0.29) is 12.0 Å². The van der Waals surface area contributed by atoms with Crippen LogP contribution < -0.4 is 9.64 Å². The van der Waals surface area contributed by atoms with Gasteiger partial charge in [-0.25, -0.2) is 9.97 Å². The van der Waals surface area contributed by atoms with Crippen molar-refractivity contribution in [1.82, 2.24) is 14.9 Å². The molecule has 2 aliphatic heterocycles. The number of aryl methyl sites for hydroxylation is 1. The average molecular weight is 368 g/mol. The summed E-state index contributed by atoms with van der Waals surface area (Å²) in [5.74, 6) is 1.34. The Labute approximate surface area is 158 Å². The summed E-state index contributed by atoms with van der Waals surface area (Å²) in [6, 6.07) is 7.69. The molecule has 0 aliphatic carbocycles. The molecule has 0 spiro atoms. The van der Waals surface area contributed by atoms with Gasteiger partial charge in [-0.3, -0.25) is 4.79 Å². The first kappa shape index (κ1) is 17.7. The number of hydrogen-bond acceptors (Lipinski definition) is 6. The SMILES string of the molecule is Cc1ccc(C(=O)N2CCC(Oc3nccnc3N3CCOCC3)C2)cc1. The maximum absolute atomic E-state index is 12.7. The number of aromatic nitrogens is 2. The van der Waals surface area contributed by atoms with Gasteiger partial charge < -0.3 is 19.3 Å². The Balaban J connectivity index is 1.41. The van der Waals surface area contributed by atoms with Gasteiger partial charge in [0.2, 0.25) is 0 Å². The Morgan fingerprint density at radius 1 is 1.11 bits per heavy atom. The van der Waals surface area contributed by atoms with E-state index in [9.17, 15) is 4.79 Å². The summed E-state index contributed by atoms with van der Waals surface area (Å²) in [5, 5.41) is 0. The van der Waals surface area contributed by atoms with Gasteiger partial charge in [-0.2, -0.15) is 0 Å². The molecule has 4 rings (SSSR count). The van der Waals surface area contributed by atoms with Crippen molar-refractivity contribution in [1.29, 1.82) is 0 Å². The molecular weight excluding hydrogens is 344 g/mol. The second-order valence-electron chi connectivity index (χ2n) is 6.93. The number of hydrogen-bond donors (Lipinski definition) is 0. The lowest BCUT2D eigenvalue weighted by Crippen LogP contribution is -2.37. The zero-order valence-corrected chi connectivity index (χ0v) is 15.5. The van der Waals surface area contributed by atoms with E-state index >= 15 is 0 Å². The highest BCUT2D eigenvalue weighted by Gasteiger charge is 2.30. The number of benzene rings is 1. The number of nitrogens with zero attached hydrogens (tertiary/aromatic N) is 4. The van der Waals surface area contributed by atoms with Gasteiger partial charge in [0.15, 0.2) is 5.82 Å². The van der Waals surface area contributed by atoms with Crippen molar-refractivity contribution >= 4 is 11.7 Å². The minimum atomic E-state index is -0.0733. The molecule has 1 atom stereocenters. The fourth-order valence-electron chi connectivity index (χ4n) is 3.44. The van der Waals surface area contributed by atoms with E-state index < -0.39 is 0 Å². The van der Waals surface area contributed by atoms with Crippen LogP contribution >= 0.6 is 0 Å². The maximum atomic E-state index is 12.7. The lowest BCUT2D eigenvalue weighted by atomic mass is 10.1. The molecule has 2 saturated heterocycles. The lowest BCUT2D eigenvalue weighted by Gasteiger charge is -2.29. The van der Waals surface area contributed by atoms with E-state index in [0.717, 1.165) is 36.5 Å². The van der Waals surface area contributed by atoms with Gasteiger partial charge in [0.05, 0.1) is 19.8 Å². The fraction of sp³-hybridized carbons (Fsp3) is 0.450. The molecule has 2 aromatic rings. The standard InChI is InChI=1S/C20H24N4O3/c1-15-2-4-16(5-3-15)20(25)24-9-6-17(14-24)27-19-18(21-7-8-22-19)23-10-12-26-13-11-23/h2-5,7-8,17H,6,9-14H2,1H3. The van der Waals surface area contributed by atoms with Gasteiger partial charge in [-0.05, 0) is 19.1 Å². The highest BCUT2D eigenvalue weighted by atomic mass is 16.5. The summed E-state index contributed by atoms with van der Waals surface area (Å²) in [6.07, 6.45) is 4.04. The summed E-state index contributed by atoms with van der Waals surface area (Å²) >= 11 is 0. The molecule has 0 saturated carbocycles. The molecule has 2 aliphatic rings. The first-order chi connectivity index (χ1) is 13.2. The number of carbonyl (C=O) groups excluding carboxylic acids is 1. The van der Waals surface area contributed by atoms with Crippen molar-refractivity contribution in [3.63, 3.8) is 0 Å². The minimum Gasteiger partial charge on any atom is -0.470 e. The molecule has 1 unspecified atom stereocenters. The van der Waals surface area contributed by atoms with E-state index in [1.165, 1.54) is 0 Å². The van der Waals surface area contributed by atoms with Gasteiger partial charge in [-0.15, -0.1) is 0 Å². The molecule has 0 N–H and O–H groups in total. The third kappa shape index (κ3) is 4.03. The predicted octanol–water partition coefficient (Wildman–Crippen LogP) is 1.92. The van der Waals surface area contributed by atoms with Crippen LogP contribution in [0.2, 0.25) is 0 Å². The first-order valence-electron chi connectivity index (χ1n) is 9.37. The molecule has 7 heteroatoms. The number of anilines is 1. The Bertz CT molecular complexity index is 790. The van der Waals surface area contributed by atoms with Crippen LogP contribution in [0, 0.1) is 6.92 Å². The van der Waals surface area contributed by atoms with Gasteiger partial charge in [0.25, 0.3) is 11.8 Å². The van der Waals surface area contributed by atoms with Crippen molar-refractivity contribution in [3.05, 3.63) is 47.8 Å². The van der Waals surface area contributed by atoms with Gasteiger partial charge in [0.1, 0.15) is 6.10 Å². The molecule has 1 aromatic heterocycles. The third-order valence-electron chi connectivity index (χ3n) is 4.97. The normalized spacial score (nSPS) is 20.0. The molecule has 2 fully saturated rings. The van der Waals surface area contributed by atoms with Gasteiger partial charge >= 0.3 is 0 Å². The second-order valence-corrected chi connectivity index (χ2v) is 6.93. The van der Waals surface area contributed by atoms with Crippen molar-refractivity contribution in [2.45, 2.75) is 19.4 Å². The number of carbonyl (C=O) groups is 1. The number of amides is 1. The fourth-order valence-corrected chi connectivity index (χ4v) is 3.44. The lowest BCUT2D eigenvalue weighted by molar-refractivity contribution is 0.0771. The first-order valence-corrected chi connectivity index (χ1v) is 9.37. The Morgan fingerprint density at radius 3 is 2.63 bits per heavy atom. The van der Waals surface area contributed by atoms with Gasteiger partial charge in [0, 0.05) is 44.0 Å². The minimum absolute atomic E-state index is 0.0497. The third-order valence-corrected chi connectivity index (χ3v) is 4.97. The summed E-state index contributed by atoms with van der Waals surface area (Å²) in [7, 11) is 0. The van der Waals surface area contributed by atoms with Crippen molar-refractivity contribution in [3.8, 4) is 5.88 Å². The Hall–Kier alpha value is -2.67. The zero-order valence-electron chi connectivity index (χ0n) is 15.5. The van der Waals surface area contributed by atoms with Crippen LogP contribution in [-0.2, 0) is 4.74 Å². The molecule has 142 valence electrons. The van der Waals surface area contributed by atoms with E-state index in [2.05, 4.69) is 14.9 Å². The Morgan fingerprint density at radius 2 is 1.85 bits per heavy atom. The van der Waals surface area contributed by atoms with Crippen molar-refractivity contribution in [2.24, 2.45) is 0 Å². The summed E-state index contributed by atoms with van der Waals surface area (Å²) in [5.41, 5.74) is 1.86. The van der Waals surface area contributed by atoms with Crippen LogP contribution in [-0.4, -0.2) is 66.3 Å². The molecule has 3 heterocycles. The van der Waals surface area contributed by atoms with Crippen LogP contribution in [0.25, 0.3) is 0 Å². The molecule has 0 bridgehead atoms. The van der Waals surface area contributed by atoms with Crippen molar-refractivity contribution in [2.75, 3.05) is 44.3 Å². The topological polar surface area (TPSA) is 67.8 Å². The van der Waals surface area contributed by atoms with Crippen LogP contribution in [0.3, 0.4) is 0 Å². The highest BCUT2D eigenvalue weighted by molar-refractivity contribution is 5.94. The number of rotatable bonds is 4. The number of ether oxygens (including phenoxy) is 2. The molecule has 1 aromatic carbocycles.